The normalized spacial score (nSPS) is 25.9. The number of nitriles is 1. The van der Waals surface area contributed by atoms with Crippen LogP contribution in [0.3, 0.4) is 0 Å². The Bertz CT molecular complexity index is 106. The zero-order valence-corrected chi connectivity index (χ0v) is 5.78. The highest BCUT2D eigenvalue weighted by Gasteiger charge is 2.09. The molecule has 1 saturated heterocycles. The van der Waals surface area contributed by atoms with Crippen LogP contribution in [0.15, 0.2) is 0 Å². The van der Waals surface area contributed by atoms with E-state index >= 15 is 0 Å². The number of rotatable bonds is 0. The smallest absolute Gasteiger partial charge is 0.156 e. The average molecular weight is 149 g/mol. The molecule has 4 heteroatoms. The second-order valence-corrected chi connectivity index (χ2v) is 1.69. The predicted molar refractivity (Wildman–Crippen MR) is 35.5 cm³/mol. The number of nitrogens with one attached hydrogen (secondary N) is 1. The van der Waals surface area contributed by atoms with Gasteiger partial charge >= 0.3 is 0 Å². The summed E-state index contributed by atoms with van der Waals surface area (Å²) in [6.45, 7) is 2.22. The SMILES string of the molecule is Cl.N#CC1CNCCO1. The van der Waals surface area contributed by atoms with Gasteiger partial charge in [-0.25, -0.2) is 0 Å². The molecular weight excluding hydrogens is 140 g/mol. The third-order valence-corrected chi connectivity index (χ3v) is 1.07. The van der Waals surface area contributed by atoms with Gasteiger partial charge in [0.1, 0.15) is 0 Å². The number of nitrogens with zero attached hydrogens (tertiary/aromatic N) is 1. The molecule has 52 valence electrons. The number of halogens is 1. The van der Waals surface area contributed by atoms with Crippen LogP contribution < -0.4 is 5.32 Å². The van der Waals surface area contributed by atoms with Crippen LogP contribution in [-0.2, 0) is 4.74 Å². The molecule has 1 unspecified atom stereocenters. The fourth-order valence-electron chi connectivity index (χ4n) is 0.648. The zero-order valence-electron chi connectivity index (χ0n) is 4.96. The first kappa shape index (κ1) is 8.70. The van der Waals surface area contributed by atoms with Crippen LogP contribution in [0.4, 0.5) is 0 Å². The van der Waals surface area contributed by atoms with E-state index in [2.05, 4.69) is 5.32 Å². The molecule has 0 bridgehead atoms. The first-order chi connectivity index (χ1) is 3.93. The number of hydrogen-bond donors (Lipinski definition) is 1. The lowest BCUT2D eigenvalue weighted by molar-refractivity contribution is 0.0638. The largest absolute Gasteiger partial charge is 0.361 e. The number of hydrogen-bond acceptors (Lipinski definition) is 3. The molecule has 1 N–H and O–H groups in total. The highest BCUT2D eigenvalue weighted by atomic mass is 35.5. The Morgan fingerprint density at radius 3 is 2.78 bits per heavy atom. The van der Waals surface area contributed by atoms with E-state index in [4.69, 9.17) is 10.00 Å². The lowest BCUT2D eigenvalue weighted by Gasteiger charge is -2.16. The van der Waals surface area contributed by atoms with Crippen molar-refractivity contribution in [2.24, 2.45) is 0 Å². The second-order valence-electron chi connectivity index (χ2n) is 1.69. The van der Waals surface area contributed by atoms with Crippen LogP contribution in [0.25, 0.3) is 0 Å². The van der Waals surface area contributed by atoms with E-state index in [1.54, 1.807) is 0 Å². The fourth-order valence-corrected chi connectivity index (χ4v) is 0.648. The van der Waals surface area contributed by atoms with Gasteiger partial charge in [-0.1, -0.05) is 0 Å². The lowest BCUT2D eigenvalue weighted by atomic mass is 10.3. The molecule has 1 aliphatic rings. The summed E-state index contributed by atoms with van der Waals surface area (Å²) < 4.78 is 5.00. The Labute approximate surface area is 60.4 Å². The monoisotopic (exact) mass is 148 g/mol. The molecule has 1 fully saturated rings. The van der Waals surface area contributed by atoms with Gasteiger partial charge in [-0.15, -0.1) is 12.4 Å². The van der Waals surface area contributed by atoms with Crippen molar-refractivity contribution < 1.29 is 4.74 Å². The molecule has 0 aliphatic carbocycles. The third-order valence-electron chi connectivity index (χ3n) is 1.07. The average Bonchev–Trinajstić information content (AvgIpc) is 1.90. The highest BCUT2D eigenvalue weighted by molar-refractivity contribution is 5.85. The Hall–Kier alpha value is -0.300. The molecule has 1 heterocycles. The molecule has 0 saturated carbocycles. The second kappa shape index (κ2) is 4.57. The van der Waals surface area contributed by atoms with E-state index in [-0.39, 0.29) is 18.5 Å². The van der Waals surface area contributed by atoms with Crippen molar-refractivity contribution >= 4 is 12.4 Å². The summed E-state index contributed by atoms with van der Waals surface area (Å²) in [7, 11) is 0. The molecule has 0 aromatic carbocycles. The van der Waals surface area contributed by atoms with Crippen molar-refractivity contribution in [3.63, 3.8) is 0 Å². The van der Waals surface area contributed by atoms with Gasteiger partial charge in [0.15, 0.2) is 6.10 Å². The summed E-state index contributed by atoms with van der Waals surface area (Å²) in [5.41, 5.74) is 0. The molecule has 0 aromatic rings. The highest BCUT2D eigenvalue weighted by Crippen LogP contribution is 1.91. The van der Waals surface area contributed by atoms with E-state index in [0.29, 0.717) is 13.2 Å². The van der Waals surface area contributed by atoms with E-state index in [0.717, 1.165) is 6.54 Å². The minimum atomic E-state index is -0.219. The Morgan fingerprint density at radius 1 is 1.67 bits per heavy atom. The molecule has 1 aliphatic heterocycles. The van der Waals surface area contributed by atoms with Gasteiger partial charge in [-0.2, -0.15) is 5.26 Å². The molecule has 0 amide bonds. The zero-order chi connectivity index (χ0) is 5.82. The molecule has 3 nitrogen and oxygen atoms in total. The molecule has 0 spiro atoms. The van der Waals surface area contributed by atoms with Crippen LogP contribution in [0.5, 0.6) is 0 Å². The third kappa shape index (κ3) is 2.66. The topological polar surface area (TPSA) is 45.0 Å². The standard InChI is InChI=1S/C5H8N2O.ClH/c6-3-5-4-7-1-2-8-5;/h5,7H,1-2,4H2;1H. The Kier molecular flexibility index (Phi) is 4.41. The van der Waals surface area contributed by atoms with Crippen LogP contribution in [0, 0.1) is 11.3 Å². The van der Waals surface area contributed by atoms with Crippen molar-refractivity contribution in [3.05, 3.63) is 0 Å². The predicted octanol–water partition coefficient (Wildman–Crippen LogP) is -0.0798. The summed E-state index contributed by atoms with van der Waals surface area (Å²) in [6.07, 6.45) is -0.219. The minimum absolute atomic E-state index is 0. The molecular formula is C5H9ClN2O. The van der Waals surface area contributed by atoms with Crippen molar-refractivity contribution in [1.82, 2.24) is 5.32 Å². The molecule has 0 radical (unpaired) electrons. The fraction of sp³-hybridized carbons (Fsp3) is 0.800. The van der Waals surface area contributed by atoms with Crippen molar-refractivity contribution in [2.45, 2.75) is 6.10 Å². The van der Waals surface area contributed by atoms with Crippen molar-refractivity contribution in [1.29, 1.82) is 5.26 Å². The quantitative estimate of drug-likeness (QED) is 0.523. The van der Waals surface area contributed by atoms with E-state index in [1.165, 1.54) is 0 Å². The Morgan fingerprint density at radius 2 is 2.44 bits per heavy atom. The first-order valence-corrected chi connectivity index (χ1v) is 2.65. The summed E-state index contributed by atoms with van der Waals surface area (Å²) in [6, 6.07) is 2.02. The van der Waals surface area contributed by atoms with E-state index < -0.39 is 0 Å². The minimum Gasteiger partial charge on any atom is -0.361 e. The van der Waals surface area contributed by atoms with Crippen LogP contribution >= 0.6 is 12.4 Å². The maximum atomic E-state index is 8.28. The molecule has 1 atom stereocenters. The van der Waals surface area contributed by atoms with Gasteiger partial charge in [0.2, 0.25) is 0 Å². The summed E-state index contributed by atoms with van der Waals surface area (Å²) in [5, 5.41) is 11.3. The van der Waals surface area contributed by atoms with Gasteiger partial charge in [-0.05, 0) is 0 Å². The van der Waals surface area contributed by atoms with Crippen molar-refractivity contribution in [2.75, 3.05) is 19.7 Å². The van der Waals surface area contributed by atoms with Crippen LogP contribution in [-0.4, -0.2) is 25.8 Å². The lowest BCUT2D eigenvalue weighted by Crippen LogP contribution is -2.37. The molecule has 9 heavy (non-hydrogen) atoms. The number of morpholine rings is 1. The van der Waals surface area contributed by atoms with Gasteiger partial charge in [0.25, 0.3) is 0 Å². The van der Waals surface area contributed by atoms with Gasteiger partial charge in [-0.3, -0.25) is 0 Å². The maximum absolute atomic E-state index is 8.28. The van der Waals surface area contributed by atoms with Crippen molar-refractivity contribution in [3.8, 4) is 6.07 Å². The Balaban J connectivity index is 0.000000640. The van der Waals surface area contributed by atoms with Crippen LogP contribution in [0.2, 0.25) is 0 Å². The van der Waals surface area contributed by atoms with E-state index in [1.807, 2.05) is 6.07 Å². The van der Waals surface area contributed by atoms with E-state index in [9.17, 15) is 0 Å². The van der Waals surface area contributed by atoms with Gasteiger partial charge < -0.3 is 10.1 Å². The summed E-state index contributed by atoms with van der Waals surface area (Å²) in [5.74, 6) is 0. The molecule has 1 rings (SSSR count). The number of ether oxygens (including phenoxy) is 1. The van der Waals surface area contributed by atoms with Crippen LogP contribution in [0.1, 0.15) is 0 Å². The maximum Gasteiger partial charge on any atom is 0.156 e. The summed E-state index contributed by atoms with van der Waals surface area (Å²) >= 11 is 0. The first-order valence-electron chi connectivity index (χ1n) is 2.65. The van der Waals surface area contributed by atoms with Gasteiger partial charge in [0.05, 0.1) is 12.7 Å². The summed E-state index contributed by atoms with van der Waals surface area (Å²) in [4.78, 5) is 0. The molecule has 0 aromatic heterocycles. The van der Waals surface area contributed by atoms with Gasteiger partial charge in [0, 0.05) is 13.1 Å².